The molecule has 0 spiro atoms. The van der Waals surface area contributed by atoms with Gasteiger partial charge in [-0.15, -0.1) is 0 Å². The molecule has 8 heteroatoms. The highest BCUT2D eigenvalue weighted by Crippen LogP contribution is 2.48. The van der Waals surface area contributed by atoms with Crippen LogP contribution in [0.4, 0.5) is 0 Å². The first-order valence-electron chi connectivity index (χ1n) is 8.71. The van der Waals surface area contributed by atoms with Gasteiger partial charge in [-0.05, 0) is 38.5 Å². The van der Waals surface area contributed by atoms with Crippen LogP contribution in [0.2, 0.25) is 0 Å². The molecule has 25 heavy (non-hydrogen) atoms. The molecular weight excluding hydrogens is 360 g/mol. The molecule has 6 nitrogen and oxygen atoms in total. The summed E-state index contributed by atoms with van der Waals surface area (Å²) < 4.78 is 22.3. The third-order valence-corrected chi connectivity index (χ3v) is 8.84. The molecular formula is C17H39NO5P2. The molecule has 4 unspecified atom stereocenters. The van der Waals surface area contributed by atoms with E-state index in [2.05, 4.69) is 33.2 Å². The lowest BCUT2D eigenvalue weighted by Crippen LogP contribution is -2.57. The van der Waals surface area contributed by atoms with Crippen LogP contribution >= 0.6 is 17.2 Å². The number of nitrogens with one attached hydrogen (secondary N) is 1. The number of hydrogen-bond donors (Lipinski definition) is 1. The molecule has 0 aliphatic heterocycles. The second-order valence-corrected chi connectivity index (χ2v) is 10.8. The Morgan fingerprint density at radius 1 is 0.800 bits per heavy atom. The van der Waals surface area contributed by atoms with Crippen LogP contribution in [0.25, 0.3) is 0 Å². The normalized spacial score (nSPS) is 19.0. The molecule has 0 fully saturated rings. The molecule has 0 rings (SSSR count). The lowest BCUT2D eigenvalue weighted by atomic mass is 9.95. The summed E-state index contributed by atoms with van der Waals surface area (Å²) in [7, 11) is 7.58. The zero-order chi connectivity index (χ0) is 19.7. The fraction of sp³-hybridized carbons (Fsp3) is 1.00. The van der Waals surface area contributed by atoms with E-state index in [1.165, 1.54) is 0 Å². The van der Waals surface area contributed by atoms with Crippen molar-refractivity contribution in [3.05, 3.63) is 0 Å². The molecule has 0 saturated heterocycles. The highest BCUT2D eigenvalue weighted by atomic mass is 31.1. The minimum atomic E-state index is -0.609. The molecule has 0 aromatic carbocycles. The molecule has 0 amide bonds. The van der Waals surface area contributed by atoms with Crippen molar-refractivity contribution in [2.45, 2.75) is 75.9 Å². The maximum Gasteiger partial charge on any atom is 0.180 e. The Labute approximate surface area is 157 Å². The standard InChI is InChI=1S/C17H39NO5P2/c1-11-12-23-18-15(4,13(2)24-16(5,19-7)20-8)14(3)25-17(6,21-9)22-10/h13-14,18,24-25H,11-12H2,1-10H3. The fourth-order valence-corrected chi connectivity index (χ4v) is 5.78. The van der Waals surface area contributed by atoms with Crippen LogP contribution in [0.5, 0.6) is 0 Å². The van der Waals surface area contributed by atoms with Crippen molar-refractivity contribution in [2.24, 2.45) is 0 Å². The molecule has 0 aromatic rings. The SMILES string of the molecule is CCCONC(C)(C(C)PC(C)(OC)OC)C(C)PC(C)(OC)OC. The Kier molecular flexibility index (Phi) is 11.7. The van der Waals surface area contributed by atoms with Crippen LogP contribution < -0.4 is 5.48 Å². The average Bonchev–Trinajstić information content (AvgIpc) is 2.61. The van der Waals surface area contributed by atoms with Gasteiger partial charge in [0.1, 0.15) is 0 Å². The molecule has 0 heterocycles. The zero-order valence-corrected chi connectivity index (χ0v) is 19.6. The van der Waals surface area contributed by atoms with Crippen molar-refractivity contribution in [2.75, 3.05) is 35.0 Å². The Bertz CT molecular complexity index is 339. The first-order valence-corrected chi connectivity index (χ1v) is 10.9. The Balaban J connectivity index is 5.39. The van der Waals surface area contributed by atoms with Crippen molar-refractivity contribution < 1.29 is 23.8 Å². The van der Waals surface area contributed by atoms with Crippen molar-refractivity contribution in [3.8, 4) is 0 Å². The topological polar surface area (TPSA) is 58.2 Å². The third kappa shape index (κ3) is 7.63. The molecule has 0 aliphatic rings. The van der Waals surface area contributed by atoms with E-state index in [4.69, 9.17) is 23.8 Å². The predicted molar refractivity (Wildman–Crippen MR) is 108 cm³/mol. The van der Waals surface area contributed by atoms with Crippen molar-refractivity contribution >= 4 is 17.2 Å². The first-order chi connectivity index (χ1) is 11.6. The Morgan fingerprint density at radius 2 is 1.16 bits per heavy atom. The molecule has 0 aliphatic carbocycles. The van der Waals surface area contributed by atoms with E-state index in [1.807, 2.05) is 13.8 Å². The van der Waals surface area contributed by atoms with Crippen LogP contribution in [-0.2, 0) is 23.8 Å². The van der Waals surface area contributed by atoms with Crippen LogP contribution in [0.15, 0.2) is 0 Å². The van der Waals surface area contributed by atoms with Crippen LogP contribution in [-0.4, -0.2) is 63.0 Å². The first kappa shape index (κ1) is 25.6. The van der Waals surface area contributed by atoms with Crippen LogP contribution in [0.3, 0.4) is 0 Å². The van der Waals surface area contributed by atoms with E-state index in [0.29, 0.717) is 23.8 Å². The van der Waals surface area contributed by atoms with E-state index in [0.717, 1.165) is 6.42 Å². The number of ether oxygens (including phenoxy) is 4. The number of hydrogen-bond acceptors (Lipinski definition) is 6. The summed E-state index contributed by atoms with van der Waals surface area (Å²) in [5.41, 5.74) is 2.31. The Morgan fingerprint density at radius 3 is 1.44 bits per heavy atom. The summed E-state index contributed by atoms with van der Waals surface area (Å²) in [6.45, 7) is 13.3. The van der Waals surface area contributed by atoms with Gasteiger partial charge >= 0.3 is 0 Å². The smallest absolute Gasteiger partial charge is 0.180 e. The summed E-state index contributed by atoms with van der Waals surface area (Å²) in [6.07, 6.45) is 0.956. The van der Waals surface area contributed by atoms with Gasteiger partial charge in [0, 0.05) is 28.4 Å². The van der Waals surface area contributed by atoms with Crippen LogP contribution in [0.1, 0.15) is 48.0 Å². The Hall–Kier alpha value is 0.620. The predicted octanol–water partition coefficient (Wildman–Crippen LogP) is 3.74. The van der Waals surface area contributed by atoms with E-state index in [9.17, 15) is 0 Å². The van der Waals surface area contributed by atoms with Gasteiger partial charge in [-0.3, -0.25) is 0 Å². The van der Waals surface area contributed by atoms with E-state index in [1.54, 1.807) is 28.4 Å². The minimum absolute atomic E-state index is 0.245. The average molecular weight is 399 g/mol. The van der Waals surface area contributed by atoms with Crippen molar-refractivity contribution in [3.63, 3.8) is 0 Å². The fourth-order valence-electron chi connectivity index (χ4n) is 2.35. The van der Waals surface area contributed by atoms with Gasteiger partial charge in [-0.2, -0.15) is 5.48 Å². The molecule has 0 radical (unpaired) electrons. The molecule has 1 N–H and O–H groups in total. The molecule has 4 atom stereocenters. The van der Waals surface area contributed by atoms with Crippen molar-refractivity contribution in [1.29, 1.82) is 0 Å². The summed E-state index contributed by atoms with van der Waals surface area (Å²) >= 11 is 0. The maximum atomic E-state index is 5.75. The second-order valence-electron chi connectivity index (χ2n) is 6.67. The summed E-state index contributed by atoms with van der Waals surface area (Å²) in [4.78, 5) is 5.75. The quantitative estimate of drug-likeness (QED) is 0.208. The molecule has 0 aromatic heterocycles. The van der Waals surface area contributed by atoms with E-state index < -0.39 is 11.1 Å². The van der Waals surface area contributed by atoms with Gasteiger partial charge in [-0.25, -0.2) is 0 Å². The highest BCUT2D eigenvalue weighted by molar-refractivity contribution is 7.41. The molecule has 152 valence electrons. The number of hydroxylamine groups is 1. The second kappa shape index (κ2) is 11.5. The maximum absolute atomic E-state index is 5.75. The van der Waals surface area contributed by atoms with Crippen LogP contribution in [0, 0.1) is 0 Å². The molecule has 0 saturated carbocycles. The summed E-state index contributed by atoms with van der Waals surface area (Å²) in [5, 5.41) is 0. The largest absolute Gasteiger partial charge is 0.350 e. The number of rotatable bonds is 14. The lowest BCUT2D eigenvalue weighted by molar-refractivity contribution is -0.125. The highest BCUT2D eigenvalue weighted by Gasteiger charge is 2.44. The van der Waals surface area contributed by atoms with Gasteiger partial charge in [0.2, 0.25) is 0 Å². The third-order valence-electron chi connectivity index (χ3n) is 4.91. The van der Waals surface area contributed by atoms with Gasteiger partial charge in [0.25, 0.3) is 0 Å². The van der Waals surface area contributed by atoms with Gasteiger partial charge in [0.15, 0.2) is 11.1 Å². The van der Waals surface area contributed by atoms with E-state index in [-0.39, 0.29) is 16.9 Å². The van der Waals surface area contributed by atoms with Gasteiger partial charge in [0.05, 0.1) is 12.1 Å². The van der Waals surface area contributed by atoms with Crippen molar-refractivity contribution in [1.82, 2.24) is 5.48 Å². The summed E-state index contributed by atoms with van der Waals surface area (Å²) in [6, 6.07) is 0. The zero-order valence-electron chi connectivity index (χ0n) is 17.6. The monoisotopic (exact) mass is 399 g/mol. The van der Waals surface area contributed by atoms with Gasteiger partial charge < -0.3 is 23.8 Å². The van der Waals surface area contributed by atoms with Gasteiger partial charge in [-0.1, -0.05) is 37.9 Å². The minimum Gasteiger partial charge on any atom is -0.350 e. The van der Waals surface area contributed by atoms with E-state index >= 15 is 0 Å². The molecule has 0 bridgehead atoms. The summed E-state index contributed by atoms with van der Waals surface area (Å²) in [5.74, 6) is 0. The number of methoxy groups -OCH3 is 4. The lowest BCUT2D eigenvalue weighted by Gasteiger charge is -2.45.